The first kappa shape index (κ1) is 24.5. The van der Waals surface area contributed by atoms with Crippen molar-refractivity contribution in [3.05, 3.63) is 100 Å². The maximum Gasteiger partial charge on any atom is 0.150 e. The zero-order chi connectivity index (χ0) is 25.8. The Balaban J connectivity index is 1.78. The zero-order valence-corrected chi connectivity index (χ0v) is 23.4. The topological polar surface area (TPSA) is 22.0 Å². The van der Waals surface area contributed by atoms with Crippen molar-refractivity contribution in [3.8, 4) is 16.8 Å². The van der Waals surface area contributed by atoms with Crippen LogP contribution < -0.4 is 0 Å². The van der Waals surface area contributed by atoms with E-state index in [9.17, 15) is 4.79 Å². The lowest BCUT2D eigenvalue weighted by Crippen LogP contribution is -2.11. The summed E-state index contributed by atoms with van der Waals surface area (Å²) in [7, 11) is 0. The van der Waals surface area contributed by atoms with Crippen molar-refractivity contribution in [1.29, 1.82) is 0 Å². The number of benzene rings is 4. The van der Waals surface area contributed by atoms with E-state index in [0.29, 0.717) is 5.56 Å². The molecule has 0 saturated heterocycles. The molecule has 0 aliphatic rings. The van der Waals surface area contributed by atoms with Gasteiger partial charge in [-0.15, -0.1) is 0 Å². The number of nitrogens with zero attached hydrogens (tertiary/aromatic N) is 1. The van der Waals surface area contributed by atoms with E-state index in [1.807, 2.05) is 24.3 Å². The van der Waals surface area contributed by atoms with Crippen LogP contribution in [0.5, 0.6) is 0 Å². The van der Waals surface area contributed by atoms with Gasteiger partial charge in [-0.1, -0.05) is 84.0 Å². The molecule has 0 bridgehead atoms. The van der Waals surface area contributed by atoms with E-state index in [2.05, 4.69) is 117 Å². The highest BCUT2D eigenvalue weighted by atomic mass is 79.9. The molecule has 0 radical (unpaired) electrons. The van der Waals surface area contributed by atoms with Crippen LogP contribution in [-0.2, 0) is 10.8 Å². The summed E-state index contributed by atoms with van der Waals surface area (Å²) in [6.07, 6.45) is 0.924. The summed E-state index contributed by atoms with van der Waals surface area (Å²) in [5.41, 5.74) is 8.88. The van der Waals surface area contributed by atoms with Gasteiger partial charge in [0.15, 0.2) is 6.29 Å². The van der Waals surface area contributed by atoms with Crippen molar-refractivity contribution in [2.24, 2.45) is 0 Å². The highest BCUT2D eigenvalue weighted by Gasteiger charge is 2.22. The number of aldehydes is 1. The number of fused-ring (bicyclic) bond motifs is 3. The molecule has 182 valence electrons. The van der Waals surface area contributed by atoms with Gasteiger partial charge < -0.3 is 4.57 Å². The molecule has 0 saturated carbocycles. The highest BCUT2D eigenvalue weighted by molar-refractivity contribution is 9.10. The van der Waals surface area contributed by atoms with Gasteiger partial charge in [0.25, 0.3) is 0 Å². The average molecular weight is 539 g/mol. The summed E-state index contributed by atoms with van der Waals surface area (Å²) in [6, 6.07) is 27.7. The number of rotatable bonds is 3. The van der Waals surface area contributed by atoms with Gasteiger partial charge in [0.2, 0.25) is 0 Å². The van der Waals surface area contributed by atoms with Gasteiger partial charge in [0, 0.05) is 26.5 Å². The fourth-order valence-corrected chi connectivity index (χ4v) is 5.56. The van der Waals surface area contributed by atoms with Gasteiger partial charge in [-0.3, -0.25) is 4.79 Å². The minimum Gasteiger partial charge on any atom is -0.308 e. The Morgan fingerprint density at radius 1 is 0.722 bits per heavy atom. The Bertz CT molecular complexity index is 1610. The standard InChI is InChI=1S/C33H32BrNO/c1-32(2,3)23-13-16-30-27(17-23)28-18-24(33(4,5)6)19-29(34)31(28)35(30)25-14-11-21(12-15-25)26-10-8-7-9-22(26)20-36/h7-20H,1-6H3. The van der Waals surface area contributed by atoms with Crippen molar-refractivity contribution in [2.45, 2.75) is 52.4 Å². The molecule has 0 amide bonds. The largest absolute Gasteiger partial charge is 0.308 e. The van der Waals surface area contributed by atoms with E-state index in [-0.39, 0.29) is 10.8 Å². The molecular weight excluding hydrogens is 506 g/mol. The number of carbonyl (C=O) groups is 1. The molecule has 1 heterocycles. The third-order valence-corrected chi connectivity index (χ3v) is 7.68. The smallest absolute Gasteiger partial charge is 0.150 e. The van der Waals surface area contributed by atoms with Crippen LogP contribution in [0.15, 0.2) is 83.3 Å². The minimum absolute atomic E-state index is 0.0421. The van der Waals surface area contributed by atoms with E-state index < -0.39 is 0 Å². The molecule has 0 aliphatic carbocycles. The number of hydrogen-bond donors (Lipinski definition) is 0. The molecule has 3 heteroatoms. The third-order valence-electron chi connectivity index (χ3n) is 7.07. The molecule has 0 N–H and O–H groups in total. The first-order valence-corrected chi connectivity index (χ1v) is 13.2. The van der Waals surface area contributed by atoms with Crippen molar-refractivity contribution in [1.82, 2.24) is 4.57 Å². The Morgan fingerprint density at radius 3 is 2.00 bits per heavy atom. The van der Waals surface area contributed by atoms with Crippen LogP contribution in [0.2, 0.25) is 0 Å². The second-order valence-corrected chi connectivity index (χ2v) is 12.5. The van der Waals surface area contributed by atoms with Gasteiger partial charge in [0.1, 0.15) is 0 Å². The zero-order valence-electron chi connectivity index (χ0n) is 21.8. The lowest BCUT2D eigenvalue weighted by Gasteiger charge is -2.20. The Hall–Kier alpha value is -3.17. The van der Waals surface area contributed by atoms with Crippen LogP contribution in [0.1, 0.15) is 63.0 Å². The van der Waals surface area contributed by atoms with Crippen LogP contribution in [0.3, 0.4) is 0 Å². The van der Waals surface area contributed by atoms with Crippen LogP contribution >= 0.6 is 15.9 Å². The summed E-state index contributed by atoms with van der Waals surface area (Å²) in [5, 5.41) is 2.52. The van der Waals surface area contributed by atoms with Gasteiger partial charge in [-0.25, -0.2) is 0 Å². The third kappa shape index (κ3) is 4.20. The quantitative estimate of drug-likeness (QED) is 0.210. The summed E-state index contributed by atoms with van der Waals surface area (Å²) in [4.78, 5) is 11.6. The number of hydrogen-bond acceptors (Lipinski definition) is 1. The average Bonchev–Trinajstić information content (AvgIpc) is 3.17. The maximum absolute atomic E-state index is 11.6. The summed E-state index contributed by atoms with van der Waals surface area (Å²) < 4.78 is 3.44. The number of carbonyl (C=O) groups excluding carboxylic acids is 1. The molecule has 5 rings (SSSR count). The molecule has 36 heavy (non-hydrogen) atoms. The number of halogens is 1. The van der Waals surface area contributed by atoms with Crippen LogP contribution in [-0.4, -0.2) is 10.9 Å². The molecule has 0 spiro atoms. The fraction of sp³-hybridized carbons (Fsp3) is 0.242. The molecule has 0 aliphatic heterocycles. The van der Waals surface area contributed by atoms with E-state index in [1.54, 1.807) is 0 Å². The lowest BCUT2D eigenvalue weighted by atomic mass is 9.85. The molecule has 0 fully saturated rings. The molecule has 4 aromatic carbocycles. The lowest BCUT2D eigenvalue weighted by molar-refractivity contribution is 0.112. The molecule has 2 nitrogen and oxygen atoms in total. The summed E-state index contributed by atoms with van der Waals surface area (Å²) >= 11 is 3.93. The van der Waals surface area contributed by atoms with E-state index >= 15 is 0 Å². The van der Waals surface area contributed by atoms with Crippen molar-refractivity contribution in [2.75, 3.05) is 0 Å². The molecular formula is C33H32BrNO. The fourth-order valence-electron chi connectivity index (χ4n) is 4.92. The van der Waals surface area contributed by atoms with Crippen molar-refractivity contribution < 1.29 is 4.79 Å². The normalized spacial score (nSPS) is 12.4. The Kier molecular flexibility index (Phi) is 5.95. The van der Waals surface area contributed by atoms with Crippen LogP contribution in [0.4, 0.5) is 0 Å². The Morgan fingerprint density at radius 2 is 1.36 bits per heavy atom. The molecule has 0 unspecified atom stereocenters. The predicted octanol–water partition coefficient (Wildman–Crippen LogP) is 9.62. The van der Waals surface area contributed by atoms with E-state index in [1.165, 1.54) is 32.9 Å². The summed E-state index contributed by atoms with van der Waals surface area (Å²) in [6.45, 7) is 13.6. The molecule has 5 aromatic rings. The van der Waals surface area contributed by atoms with Gasteiger partial charge >= 0.3 is 0 Å². The minimum atomic E-state index is 0.0421. The van der Waals surface area contributed by atoms with E-state index in [4.69, 9.17) is 0 Å². The first-order valence-electron chi connectivity index (χ1n) is 12.4. The molecule has 1 aromatic heterocycles. The van der Waals surface area contributed by atoms with Gasteiger partial charge in [-0.05, 0) is 85.4 Å². The van der Waals surface area contributed by atoms with Gasteiger partial charge in [0.05, 0.1) is 11.0 Å². The van der Waals surface area contributed by atoms with Crippen molar-refractivity contribution >= 4 is 44.0 Å². The first-order chi connectivity index (χ1) is 17.0. The number of aromatic nitrogens is 1. The molecule has 0 atom stereocenters. The summed E-state index contributed by atoms with van der Waals surface area (Å²) in [5.74, 6) is 0. The van der Waals surface area contributed by atoms with Gasteiger partial charge in [-0.2, -0.15) is 0 Å². The van der Waals surface area contributed by atoms with Crippen LogP contribution in [0.25, 0.3) is 38.6 Å². The second kappa shape index (κ2) is 8.74. The predicted molar refractivity (Wildman–Crippen MR) is 157 cm³/mol. The SMILES string of the molecule is CC(C)(C)c1ccc2c(c1)c1cc(C(C)(C)C)cc(Br)c1n2-c1ccc(-c2ccccc2C=O)cc1. The van der Waals surface area contributed by atoms with Crippen molar-refractivity contribution in [3.63, 3.8) is 0 Å². The van der Waals surface area contributed by atoms with E-state index in [0.717, 1.165) is 27.6 Å². The van der Waals surface area contributed by atoms with Crippen LogP contribution in [0, 0.1) is 0 Å². The maximum atomic E-state index is 11.6. The highest BCUT2D eigenvalue weighted by Crippen LogP contribution is 2.41. The monoisotopic (exact) mass is 537 g/mol. The Labute approximate surface area is 222 Å². The second-order valence-electron chi connectivity index (χ2n) is 11.7.